The van der Waals surface area contributed by atoms with Gasteiger partial charge in [-0.25, -0.2) is 9.98 Å². The number of nitrogens with zero attached hydrogens (tertiary/aromatic N) is 3. The number of rotatable bonds is 6. The van der Waals surface area contributed by atoms with Gasteiger partial charge in [0.25, 0.3) is 0 Å². The average molecular weight is 480 g/mol. The van der Waals surface area contributed by atoms with Crippen LogP contribution < -0.4 is 5.32 Å². The van der Waals surface area contributed by atoms with Crippen molar-refractivity contribution >= 4 is 41.3 Å². The minimum Gasteiger partial charge on any atom is -0.381 e. The number of hydrogen-bond acceptors (Lipinski definition) is 4. The third-order valence-corrected chi connectivity index (χ3v) is 5.00. The Morgan fingerprint density at radius 1 is 1.44 bits per heavy atom. The molecule has 1 fully saturated rings. The molecule has 1 aromatic rings. The second kappa shape index (κ2) is 10.7. The molecule has 5 nitrogen and oxygen atoms in total. The summed E-state index contributed by atoms with van der Waals surface area (Å²) in [6, 6.07) is 0. The van der Waals surface area contributed by atoms with E-state index in [1.807, 2.05) is 0 Å². The molecule has 0 bridgehead atoms. The first-order valence-corrected chi connectivity index (χ1v) is 9.87. The number of hydrogen-bond donors (Lipinski definition) is 1. The van der Waals surface area contributed by atoms with E-state index in [-0.39, 0.29) is 29.4 Å². The summed E-state index contributed by atoms with van der Waals surface area (Å²) in [4.78, 5) is 11.9. The van der Waals surface area contributed by atoms with E-state index in [1.54, 1.807) is 11.3 Å². The first-order valence-electron chi connectivity index (χ1n) is 9.00. The molecule has 0 saturated carbocycles. The van der Waals surface area contributed by atoms with Gasteiger partial charge in [0, 0.05) is 43.0 Å². The summed E-state index contributed by atoms with van der Waals surface area (Å²) in [6.07, 6.45) is 1.18. The van der Waals surface area contributed by atoms with Gasteiger partial charge in [0.2, 0.25) is 0 Å². The van der Waals surface area contributed by atoms with Crippen LogP contribution in [0.3, 0.4) is 0 Å². The molecule has 1 aliphatic rings. The number of nitrogens with one attached hydrogen (secondary N) is 1. The third-order valence-electron chi connectivity index (χ3n) is 4.16. The molecule has 0 aromatic carbocycles. The van der Waals surface area contributed by atoms with Crippen LogP contribution in [0.4, 0.5) is 0 Å². The largest absolute Gasteiger partial charge is 0.381 e. The second-order valence-corrected chi connectivity index (χ2v) is 8.25. The lowest BCUT2D eigenvalue weighted by Crippen LogP contribution is -2.40. The Hall–Kier alpha value is -0.410. The molecule has 1 saturated heterocycles. The Balaban J connectivity index is 0.00000312. The quantitative estimate of drug-likeness (QED) is 0.382. The van der Waals surface area contributed by atoms with Gasteiger partial charge in [-0.3, -0.25) is 0 Å². The Bertz CT molecular complexity index is 541. The van der Waals surface area contributed by atoms with E-state index in [4.69, 9.17) is 14.7 Å². The zero-order valence-electron chi connectivity index (χ0n) is 16.2. The maximum Gasteiger partial charge on any atom is 0.194 e. The fourth-order valence-corrected chi connectivity index (χ4v) is 3.69. The molecule has 1 unspecified atom stereocenters. The monoisotopic (exact) mass is 480 g/mol. The van der Waals surface area contributed by atoms with Gasteiger partial charge >= 0.3 is 0 Å². The number of aromatic nitrogens is 1. The smallest absolute Gasteiger partial charge is 0.194 e. The predicted molar refractivity (Wildman–Crippen MR) is 117 cm³/mol. The Morgan fingerprint density at radius 3 is 2.80 bits per heavy atom. The number of likely N-dealkylation sites (tertiary alicyclic amines) is 1. The second-order valence-electron chi connectivity index (χ2n) is 7.31. The van der Waals surface area contributed by atoms with E-state index in [9.17, 15) is 0 Å². The first-order chi connectivity index (χ1) is 11.4. The highest BCUT2D eigenvalue weighted by atomic mass is 127. The van der Waals surface area contributed by atoms with E-state index in [0.29, 0.717) is 12.5 Å². The van der Waals surface area contributed by atoms with Crippen LogP contribution >= 0.6 is 35.3 Å². The van der Waals surface area contributed by atoms with Gasteiger partial charge in [0.1, 0.15) is 5.01 Å². The maximum atomic E-state index is 5.57. The summed E-state index contributed by atoms with van der Waals surface area (Å²) in [5.41, 5.74) is 1.25. The zero-order chi connectivity index (χ0) is 17.6. The predicted octanol–water partition coefficient (Wildman–Crippen LogP) is 3.88. The van der Waals surface area contributed by atoms with E-state index in [2.05, 4.69) is 50.2 Å². The number of halogens is 1. The summed E-state index contributed by atoms with van der Waals surface area (Å²) in [5.74, 6) is 1.62. The molecule has 0 radical (unpaired) electrons. The highest BCUT2D eigenvalue weighted by Crippen LogP contribution is 2.24. The molecule has 2 rings (SSSR count). The summed E-state index contributed by atoms with van der Waals surface area (Å²) in [6.45, 7) is 16.0. The highest BCUT2D eigenvalue weighted by molar-refractivity contribution is 14.0. The molecule has 1 aromatic heterocycles. The van der Waals surface area contributed by atoms with Gasteiger partial charge in [-0.1, -0.05) is 20.8 Å². The Kier molecular flexibility index (Phi) is 9.66. The Morgan fingerprint density at radius 2 is 2.20 bits per heavy atom. The van der Waals surface area contributed by atoms with Crippen molar-refractivity contribution in [3.05, 3.63) is 16.1 Å². The van der Waals surface area contributed by atoms with Crippen molar-refractivity contribution in [3.63, 3.8) is 0 Å². The first kappa shape index (κ1) is 22.6. The van der Waals surface area contributed by atoms with E-state index in [0.717, 1.165) is 49.5 Å². The molecule has 0 spiro atoms. The van der Waals surface area contributed by atoms with E-state index in [1.165, 1.54) is 6.42 Å². The van der Waals surface area contributed by atoms with Crippen molar-refractivity contribution in [2.75, 3.05) is 32.8 Å². The number of thiazole rings is 1. The van der Waals surface area contributed by atoms with Crippen LogP contribution in [-0.4, -0.2) is 48.7 Å². The summed E-state index contributed by atoms with van der Waals surface area (Å²) in [7, 11) is 0. The van der Waals surface area contributed by atoms with Gasteiger partial charge in [-0.05, 0) is 20.3 Å². The molecule has 1 aliphatic heterocycles. The SMILES string of the molecule is CCNC(=NCc1nc(C(C)(C)C)cs1)N1CCC(COCC)C1.I. The van der Waals surface area contributed by atoms with Crippen LogP contribution in [-0.2, 0) is 16.7 Å². The van der Waals surface area contributed by atoms with Gasteiger partial charge in [-0.15, -0.1) is 35.3 Å². The Labute approximate surface area is 173 Å². The molecule has 1 N–H and O–H groups in total. The normalized spacial score (nSPS) is 18.4. The summed E-state index contributed by atoms with van der Waals surface area (Å²) in [5, 5.41) is 6.66. The molecular weight excluding hydrogens is 447 g/mol. The van der Waals surface area contributed by atoms with Crippen LogP contribution in [0, 0.1) is 5.92 Å². The van der Waals surface area contributed by atoms with Gasteiger partial charge < -0.3 is 15.0 Å². The van der Waals surface area contributed by atoms with Gasteiger partial charge in [0.15, 0.2) is 5.96 Å². The molecule has 2 heterocycles. The molecule has 0 aliphatic carbocycles. The summed E-state index contributed by atoms with van der Waals surface area (Å²) >= 11 is 1.71. The molecule has 0 amide bonds. The van der Waals surface area contributed by atoms with E-state index < -0.39 is 0 Å². The lowest BCUT2D eigenvalue weighted by Gasteiger charge is -2.21. The van der Waals surface area contributed by atoms with Crippen LogP contribution in [0.2, 0.25) is 0 Å². The zero-order valence-corrected chi connectivity index (χ0v) is 19.3. The van der Waals surface area contributed by atoms with Crippen LogP contribution in [0.15, 0.2) is 10.4 Å². The molecule has 144 valence electrons. The van der Waals surface area contributed by atoms with Crippen LogP contribution in [0.5, 0.6) is 0 Å². The van der Waals surface area contributed by atoms with Crippen LogP contribution in [0.1, 0.15) is 51.7 Å². The molecule has 1 atom stereocenters. The van der Waals surface area contributed by atoms with Crippen molar-refractivity contribution in [2.45, 2.75) is 53.0 Å². The van der Waals surface area contributed by atoms with Gasteiger partial charge in [-0.2, -0.15) is 0 Å². The minimum absolute atomic E-state index is 0. The standard InChI is InChI=1S/C18H32N4OS.HI/c1-6-19-17(22-9-8-14(11-22)12-23-7-2)20-10-16-21-15(13-24-16)18(3,4)5;/h13-14H,6-12H2,1-5H3,(H,19,20);1H. The van der Waals surface area contributed by atoms with Crippen molar-refractivity contribution in [3.8, 4) is 0 Å². The lowest BCUT2D eigenvalue weighted by molar-refractivity contribution is 0.114. The van der Waals surface area contributed by atoms with Crippen molar-refractivity contribution < 1.29 is 4.74 Å². The fraction of sp³-hybridized carbons (Fsp3) is 0.778. The van der Waals surface area contributed by atoms with Crippen molar-refractivity contribution in [1.29, 1.82) is 0 Å². The topological polar surface area (TPSA) is 49.8 Å². The summed E-state index contributed by atoms with van der Waals surface area (Å²) < 4.78 is 5.57. The average Bonchev–Trinajstić information content (AvgIpc) is 3.18. The van der Waals surface area contributed by atoms with Crippen LogP contribution in [0.25, 0.3) is 0 Å². The third kappa shape index (κ3) is 7.02. The minimum atomic E-state index is 0. The molecule has 25 heavy (non-hydrogen) atoms. The molecular formula is C18H33IN4OS. The molecule has 7 heteroatoms. The number of aliphatic imine (C=N–C) groups is 1. The van der Waals surface area contributed by atoms with E-state index >= 15 is 0 Å². The fourth-order valence-electron chi connectivity index (χ4n) is 2.74. The number of ether oxygens (including phenoxy) is 1. The number of guanidine groups is 1. The maximum absolute atomic E-state index is 5.57. The lowest BCUT2D eigenvalue weighted by atomic mass is 9.93. The van der Waals surface area contributed by atoms with Crippen molar-refractivity contribution in [2.24, 2.45) is 10.9 Å². The highest BCUT2D eigenvalue weighted by Gasteiger charge is 2.25. The van der Waals surface area contributed by atoms with Gasteiger partial charge in [0.05, 0.1) is 18.8 Å². The van der Waals surface area contributed by atoms with Crippen molar-refractivity contribution in [1.82, 2.24) is 15.2 Å².